The zero-order chi connectivity index (χ0) is 14.8. The Bertz CT molecular complexity index is 408. The molecule has 0 aromatic carbocycles. The minimum absolute atomic E-state index is 0.0534. The van der Waals surface area contributed by atoms with Crippen molar-refractivity contribution in [2.24, 2.45) is 11.3 Å². The lowest BCUT2D eigenvalue weighted by Gasteiger charge is -2.39. The summed E-state index contributed by atoms with van der Waals surface area (Å²) in [4.78, 5) is 12.1. The first kappa shape index (κ1) is 15.3. The Morgan fingerprint density at radius 1 is 1.35 bits per heavy atom. The predicted molar refractivity (Wildman–Crippen MR) is 78.9 cm³/mol. The van der Waals surface area contributed by atoms with Crippen molar-refractivity contribution in [3.8, 4) is 6.07 Å². The third-order valence-electron chi connectivity index (χ3n) is 5.04. The second kappa shape index (κ2) is 5.73. The average Bonchev–Trinajstić information content (AvgIpc) is 3.21. The summed E-state index contributed by atoms with van der Waals surface area (Å²) in [6.07, 6.45) is 6.97. The zero-order valence-corrected chi connectivity index (χ0v) is 13.0. The number of nitriles is 1. The molecule has 0 saturated heterocycles. The Hall–Kier alpha value is -1.08. The molecule has 2 aliphatic rings. The molecule has 0 aliphatic heterocycles. The average molecular weight is 277 g/mol. The molecule has 112 valence electrons. The van der Waals surface area contributed by atoms with E-state index in [0.29, 0.717) is 18.5 Å². The van der Waals surface area contributed by atoms with E-state index in [9.17, 15) is 10.1 Å². The Balaban J connectivity index is 1.81. The van der Waals surface area contributed by atoms with Gasteiger partial charge in [-0.15, -0.1) is 0 Å². The Morgan fingerprint density at radius 3 is 2.60 bits per heavy atom. The van der Waals surface area contributed by atoms with Crippen LogP contribution >= 0.6 is 0 Å². The van der Waals surface area contributed by atoms with Gasteiger partial charge in [-0.1, -0.05) is 26.7 Å². The molecule has 0 bridgehead atoms. The zero-order valence-electron chi connectivity index (χ0n) is 13.0. The van der Waals surface area contributed by atoms with E-state index < -0.39 is 5.54 Å². The van der Waals surface area contributed by atoms with Crippen molar-refractivity contribution >= 4 is 5.91 Å². The Labute approximate surface area is 122 Å². The number of carbonyl (C=O) groups excluding carboxylic acids is 1. The van der Waals surface area contributed by atoms with Gasteiger partial charge in [-0.05, 0) is 43.9 Å². The molecule has 0 aromatic rings. The van der Waals surface area contributed by atoms with Crippen LogP contribution in [0.1, 0.15) is 59.3 Å². The number of amides is 1. The molecular formula is C16H27N3O. The lowest BCUT2D eigenvalue weighted by molar-refractivity contribution is -0.122. The minimum atomic E-state index is -0.680. The molecule has 2 N–H and O–H groups in total. The molecule has 0 spiro atoms. The number of carbonyl (C=O) groups is 1. The maximum atomic E-state index is 12.1. The molecular weight excluding hydrogens is 250 g/mol. The fourth-order valence-electron chi connectivity index (χ4n) is 3.30. The molecule has 1 amide bonds. The van der Waals surface area contributed by atoms with Gasteiger partial charge in [0, 0.05) is 6.04 Å². The second-order valence-corrected chi connectivity index (χ2v) is 7.30. The van der Waals surface area contributed by atoms with Crippen molar-refractivity contribution in [2.45, 2.75) is 70.9 Å². The normalized spacial score (nSPS) is 28.2. The molecule has 2 rings (SSSR count). The van der Waals surface area contributed by atoms with E-state index in [4.69, 9.17) is 0 Å². The highest BCUT2D eigenvalue weighted by Gasteiger charge is 2.43. The molecule has 2 saturated carbocycles. The van der Waals surface area contributed by atoms with Gasteiger partial charge in [0.15, 0.2) is 0 Å². The molecule has 0 heterocycles. The fourth-order valence-corrected chi connectivity index (χ4v) is 3.30. The molecule has 20 heavy (non-hydrogen) atoms. The van der Waals surface area contributed by atoms with Crippen LogP contribution in [0.4, 0.5) is 0 Å². The van der Waals surface area contributed by atoms with Gasteiger partial charge in [-0.2, -0.15) is 5.26 Å². The summed E-state index contributed by atoms with van der Waals surface area (Å²) in [7, 11) is 0. The lowest BCUT2D eigenvalue weighted by atomic mass is 9.73. The largest absolute Gasteiger partial charge is 0.337 e. The van der Waals surface area contributed by atoms with Gasteiger partial charge in [0.2, 0.25) is 5.91 Å². The summed E-state index contributed by atoms with van der Waals surface area (Å²) < 4.78 is 0. The van der Waals surface area contributed by atoms with Gasteiger partial charge < -0.3 is 10.6 Å². The fraction of sp³-hybridized carbons (Fsp3) is 0.875. The molecule has 2 fully saturated rings. The predicted octanol–water partition coefficient (Wildman–Crippen LogP) is 2.35. The van der Waals surface area contributed by atoms with Crippen LogP contribution in [-0.4, -0.2) is 24.0 Å². The van der Waals surface area contributed by atoms with Crippen LogP contribution in [0.2, 0.25) is 0 Å². The van der Waals surface area contributed by atoms with E-state index in [2.05, 4.69) is 30.6 Å². The first-order valence-corrected chi connectivity index (χ1v) is 7.83. The number of nitrogens with zero attached hydrogens (tertiary/aromatic N) is 1. The molecule has 4 nitrogen and oxygen atoms in total. The first-order valence-electron chi connectivity index (χ1n) is 7.83. The van der Waals surface area contributed by atoms with Gasteiger partial charge >= 0.3 is 0 Å². The second-order valence-electron chi connectivity index (χ2n) is 7.30. The molecule has 2 unspecified atom stereocenters. The summed E-state index contributed by atoms with van der Waals surface area (Å²) in [6, 6.07) is 2.67. The van der Waals surface area contributed by atoms with E-state index in [1.807, 2.05) is 6.92 Å². The minimum Gasteiger partial charge on any atom is -0.337 e. The van der Waals surface area contributed by atoms with Gasteiger partial charge in [-0.25, -0.2) is 0 Å². The van der Waals surface area contributed by atoms with Crippen LogP contribution in [0.25, 0.3) is 0 Å². The standard InChI is InChI=1S/C16H27N3O/c1-15(2)9-5-4-6-13(15)18-10-14(20)19-16(3,11-17)12-7-8-12/h12-13,18H,4-10H2,1-3H3,(H,19,20). The van der Waals surface area contributed by atoms with Crippen LogP contribution in [0.5, 0.6) is 0 Å². The van der Waals surface area contributed by atoms with Crippen molar-refractivity contribution < 1.29 is 4.79 Å². The Morgan fingerprint density at radius 2 is 2.05 bits per heavy atom. The van der Waals surface area contributed by atoms with Crippen molar-refractivity contribution in [3.05, 3.63) is 0 Å². The third kappa shape index (κ3) is 3.52. The van der Waals surface area contributed by atoms with Crippen LogP contribution in [0.3, 0.4) is 0 Å². The number of hydrogen-bond donors (Lipinski definition) is 2. The third-order valence-corrected chi connectivity index (χ3v) is 5.04. The van der Waals surface area contributed by atoms with E-state index in [0.717, 1.165) is 19.3 Å². The van der Waals surface area contributed by atoms with Crippen molar-refractivity contribution in [1.29, 1.82) is 5.26 Å². The summed E-state index contributed by atoms with van der Waals surface area (Å²) in [5, 5.41) is 15.6. The quantitative estimate of drug-likeness (QED) is 0.810. The molecule has 2 aliphatic carbocycles. The number of nitrogens with one attached hydrogen (secondary N) is 2. The highest BCUT2D eigenvalue weighted by Crippen LogP contribution is 2.39. The smallest absolute Gasteiger partial charge is 0.235 e. The monoisotopic (exact) mass is 277 g/mol. The highest BCUT2D eigenvalue weighted by molar-refractivity contribution is 5.79. The van der Waals surface area contributed by atoms with Crippen molar-refractivity contribution in [2.75, 3.05) is 6.54 Å². The topological polar surface area (TPSA) is 64.9 Å². The van der Waals surface area contributed by atoms with Crippen LogP contribution < -0.4 is 10.6 Å². The van der Waals surface area contributed by atoms with Gasteiger partial charge in [-0.3, -0.25) is 4.79 Å². The van der Waals surface area contributed by atoms with E-state index in [1.165, 1.54) is 19.3 Å². The lowest BCUT2D eigenvalue weighted by Crippen LogP contribution is -2.52. The summed E-state index contributed by atoms with van der Waals surface area (Å²) in [5.74, 6) is 0.282. The van der Waals surface area contributed by atoms with Crippen LogP contribution in [0, 0.1) is 22.7 Å². The van der Waals surface area contributed by atoms with Crippen LogP contribution in [0.15, 0.2) is 0 Å². The van der Waals surface area contributed by atoms with Gasteiger partial charge in [0.25, 0.3) is 0 Å². The SMILES string of the molecule is CC1(C)CCCCC1NCC(=O)NC(C)(C#N)C1CC1. The maximum absolute atomic E-state index is 12.1. The van der Waals surface area contributed by atoms with Crippen molar-refractivity contribution in [1.82, 2.24) is 10.6 Å². The highest BCUT2D eigenvalue weighted by atomic mass is 16.2. The molecule has 2 atom stereocenters. The molecule has 0 aromatic heterocycles. The van der Waals surface area contributed by atoms with E-state index in [-0.39, 0.29) is 11.3 Å². The maximum Gasteiger partial charge on any atom is 0.235 e. The first-order chi connectivity index (χ1) is 9.37. The summed E-state index contributed by atoms with van der Waals surface area (Å²) in [5.41, 5.74) is -0.422. The van der Waals surface area contributed by atoms with Crippen molar-refractivity contribution in [3.63, 3.8) is 0 Å². The summed E-state index contributed by atoms with van der Waals surface area (Å²) >= 11 is 0. The van der Waals surface area contributed by atoms with E-state index in [1.54, 1.807) is 0 Å². The van der Waals surface area contributed by atoms with Gasteiger partial charge in [0.1, 0.15) is 5.54 Å². The summed E-state index contributed by atoms with van der Waals surface area (Å²) in [6.45, 7) is 6.70. The van der Waals surface area contributed by atoms with E-state index >= 15 is 0 Å². The van der Waals surface area contributed by atoms with Gasteiger partial charge in [0.05, 0.1) is 12.6 Å². The molecule has 0 radical (unpaired) electrons. The number of rotatable bonds is 5. The number of hydrogen-bond acceptors (Lipinski definition) is 3. The molecule has 4 heteroatoms. The van der Waals surface area contributed by atoms with Crippen LogP contribution in [-0.2, 0) is 4.79 Å². The Kier molecular flexibility index (Phi) is 4.39.